The molecule has 340 valence electrons. The maximum absolute atomic E-state index is 14.0. The average Bonchev–Trinajstić information content (AvgIpc) is 3.65. The molecule has 64 heavy (non-hydrogen) atoms. The largest absolute Gasteiger partial charge is 0.481 e. The van der Waals surface area contributed by atoms with Crippen molar-refractivity contribution in [3.8, 4) is 0 Å². The number of Topliss-reactive ketones (excluding diaryl/α,β-unsaturated/α-hetero) is 2. The Bertz CT molecular complexity index is 2470. The fourth-order valence-corrected chi connectivity index (χ4v) is 5.88. The second-order valence-corrected chi connectivity index (χ2v) is 14.4. The third kappa shape index (κ3) is 16.3. The lowest BCUT2D eigenvalue weighted by Crippen LogP contribution is -2.46. The highest BCUT2D eigenvalue weighted by molar-refractivity contribution is 5.91. The smallest absolute Gasteiger partial charge is 0.305 e. The van der Waals surface area contributed by atoms with E-state index in [1.54, 1.807) is 20.9 Å². The highest BCUT2D eigenvalue weighted by Gasteiger charge is 2.29. The van der Waals surface area contributed by atoms with E-state index in [4.69, 9.17) is 14.5 Å². The summed E-state index contributed by atoms with van der Waals surface area (Å²) < 4.78 is 6.89. The molecule has 21 nitrogen and oxygen atoms in total. The molecule has 21 heteroatoms. The Balaban J connectivity index is 0.000000869. The van der Waals surface area contributed by atoms with E-state index < -0.39 is 65.7 Å². The number of hydrogen-bond acceptors (Lipinski definition) is 15. The van der Waals surface area contributed by atoms with Gasteiger partial charge in [0.2, 0.25) is 23.5 Å². The summed E-state index contributed by atoms with van der Waals surface area (Å²) in [6, 6.07) is 17.3. The number of carboxylic acid groups (broad SMARTS) is 2. The molecule has 4 N–H and O–H groups in total. The molecule has 2 amide bonds. The molecule has 5 aromatic rings. The normalized spacial score (nSPS) is 11.4. The second kappa shape index (κ2) is 25.3. The molecule has 3 aromatic heterocycles. The minimum atomic E-state index is -1.33. The first-order chi connectivity index (χ1) is 30.4. The summed E-state index contributed by atoms with van der Waals surface area (Å²) in [4.78, 5) is 110. The quantitative estimate of drug-likeness (QED) is 0.0925. The lowest BCUT2D eigenvalue weighted by Gasteiger charge is -2.24. The Labute approximate surface area is 367 Å². The lowest BCUT2D eigenvalue weighted by atomic mass is 10.1. The van der Waals surface area contributed by atoms with Crippen LogP contribution >= 0.6 is 0 Å². The third-order valence-electron chi connectivity index (χ3n) is 9.00. The topological polar surface area (TPSA) is 282 Å². The number of hydrogen-bond donors (Lipinski definition) is 4. The number of likely N-dealkylation sites (N-methyl/N-ethyl adjacent to an activating group) is 1. The van der Waals surface area contributed by atoms with Gasteiger partial charge in [-0.25, -0.2) is 14.6 Å². The van der Waals surface area contributed by atoms with E-state index >= 15 is 0 Å². The number of benzene rings is 2. The highest BCUT2D eigenvalue weighted by atomic mass is 16.6. The zero-order valence-corrected chi connectivity index (χ0v) is 36.3. The molecule has 0 aliphatic carbocycles. The van der Waals surface area contributed by atoms with Crippen molar-refractivity contribution in [1.29, 1.82) is 0 Å². The number of aliphatic carboxylic acids is 2. The Morgan fingerprint density at radius 3 is 1.95 bits per heavy atom. The van der Waals surface area contributed by atoms with Gasteiger partial charge in [-0.2, -0.15) is 0 Å². The van der Waals surface area contributed by atoms with Crippen molar-refractivity contribution in [2.24, 2.45) is 0 Å². The standard InChI is InChI=1S/C34H40N10O9.C7H8.C2H4O2/c1-5-27(32(50)38-25(22(3)45)15-29(48)49)43-14-12-36-31(34(43)52)44(19-26-21(2)39-53-40-26)30-33(51)42(13-11-35-30)20-28(47)37-16-24(46)18-41(4)17-23-9-7-6-8-10-23;1-7-5-3-2-4-6-7;1-2(3)4/h6-14,25,27H,5,15-20H2,1-4H3,(H,37,47)(H,38,50)(H,48,49);2-6H,1H3;1H3,(H,3,4). The van der Waals surface area contributed by atoms with E-state index in [0.717, 1.165) is 33.4 Å². The number of aryl methyl sites for hydroxylation is 2. The number of ketones is 2. The Kier molecular flexibility index (Phi) is 20.0. The van der Waals surface area contributed by atoms with Gasteiger partial charge in [0.05, 0.1) is 32.1 Å². The van der Waals surface area contributed by atoms with Crippen LogP contribution in [-0.4, -0.2) is 106 Å². The maximum atomic E-state index is 14.0. The van der Waals surface area contributed by atoms with Crippen LogP contribution in [0.25, 0.3) is 0 Å². The summed E-state index contributed by atoms with van der Waals surface area (Å²) in [6.45, 7) is 7.08. The minimum Gasteiger partial charge on any atom is -0.481 e. The van der Waals surface area contributed by atoms with Crippen molar-refractivity contribution in [3.63, 3.8) is 0 Å². The van der Waals surface area contributed by atoms with Gasteiger partial charge in [0, 0.05) is 38.3 Å². The van der Waals surface area contributed by atoms with Gasteiger partial charge in [-0.1, -0.05) is 83.5 Å². The highest BCUT2D eigenvalue weighted by Crippen LogP contribution is 2.20. The molecule has 0 aliphatic heterocycles. The minimum absolute atomic E-state index is 0.0521. The van der Waals surface area contributed by atoms with Crippen LogP contribution in [0.4, 0.5) is 11.6 Å². The van der Waals surface area contributed by atoms with Gasteiger partial charge in [-0.3, -0.25) is 52.7 Å². The number of nitrogens with zero attached hydrogens (tertiary/aromatic N) is 8. The summed E-state index contributed by atoms with van der Waals surface area (Å²) >= 11 is 0. The van der Waals surface area contributed by atoms with Crippen molar-refractivity contribution >= 4 is 47.0 Å². The third-order valence-corrected chi connectivity index (χ3v) is 9.00. The van der Waals surface area contributed by atoms with Crippen LogP contribution in [0.5, 0.6) is 0 Å². The number of carbonyl (C=O) groups is 6. The number of carbonyl (C=O) groups excluding carboxylic acids is 4. The van der Waals surface area contributed by atoms with Crippen LogP contribution in [-0.2, 0) is 48.4 Å². The van der Waals surface area contributed by atoms with Gasteiger partial charge in [-0.15, -0.1) is 0 Å². The molecular formula is C43H52N10O11. The number of nitrogens with one attached hydrogen (secondary N) is 2. The molecule has 0 spiro atoms. The monoisotopic (exact) mass is 884 g/mol. The van der Waals surface area contributed by atoms with Crippen LogP contribution in [0.3, 0.4) is 0 Å². The first-order valence-electron chi connectivity index (χ1n) is 19.8. The van der Waals surface area contributed by atoms with E-state index in [2.05, 4.69) is 50.0 Å². The van der Waals surface area contributed by atoms with Crippen molar-refractivity contribution in [2.45, 2.75) is 79.2 Å². The van der Waals surface area contributed by atoms with Gasteiger partial charge < -0.3 is 25.4 Å². The number of aromatic nitrogens is 6. The average molecular weight is 885 g/mol. The van der Waals surface area contributed by atoms with Gasteiger partial charge in [-0.05, 0) is 39.8 Å². The molecule has 0 bridgehead atoms. The summed E-state index contributed by atoms with van der Waals surface area (Å²) in [7, 11) is 1.78. The van der Waals surface area contributed by atoms with Crippen molar-refractivity contribution < 1.29 is 43.6 Å². The molecule has 2 aromatic carbocycles. The van der Waals surface area contributed by atoms with Crippen molar-refractivity contribution in [1.82, 2.24) is 44.9 Å². The fraction of sp³-hybridized carbons (Fsp3) is 0.349. The molecule has 2 atom stereocenters. The lowest BCUT2D eigenvalue weighted by molar-refractivity contribution is -0.140. The Hall–Kier alpha value is -7.68. The van der Waals surface area contributed by atoms with E-state index in [1.165, 1.54) is 30.4 Å². The molecule has 0 aliphatic rings. The molecule has 0 saturated heterocycles. The van der Waals surface area contributed by atoms with Gasteiger partial charge in [0.25, 0.3) is 17.1 Å². The molecular weight excluding hydrogens is 833 g/mol. The second-order valence-electron chi connectivity index (χ2n) is 14.4. The maximum Gasteiger partial charge on any atom is 0.305 e. The van der Waals surface area contributed by atoms with Crippen LogP contribution in [0.15, 0.2) is 99.7 Å². The fourth-order valence-electron chi connectivity index (χ4n) is 5.88. The molecule has 0 saturated carbocycles. The summed E-state index contributed by atoms with van der Waals surface area (Å²) in [5, 5.41) is 29.1. The summed E-state index contributed by atoms with van der Waals surface area (Å²) in [5.41, 5.74) is 1.26. The zero-order chi connectivity index (χ0) is 47.3. The predicted molar refractivity (Wildman–Crippen MR) is 231 cm³/mol. The van der Waals surface area contributed by atoms with E-state index in [1.807, 2.05) is 53.4 Å². The SMILES string of the molecule is CC(=O)O.CCC(C(=O)NC(CC(=O)O)C(C)=O)n1ccnc(N(Cc2nonc2C)c2nccn(CC(=O)NCC(=O)CN(C)Cc3ccccc3)c2=O)c1=O.Cc1ccccc1. The van der Waals surface area contributed by atoms with Gasteiger partial charge in [0.15, 0.2) is 11.6 Å². The summed E-state index contributed by atoms with van der Waals surface area (Å²) in [5.74, 6) is -5.07. The van der Waals surface area contributed by atoms with E-state index in [0.29, 0.717) is 12.2 Å². The van der Waals surface area contributed by atoms with Crippen LogP contribution in [0.1, 0.15) is 62.2 Å². The van der Waals surface area contributed by atoms with Crippen LogP contribution in [0.2, 0.25) is 0 Å². The number of amides is 2. The Morgan fingerprint density at radius 1 is 0.828 bits per heavy atom. The van der Waals surface area contributed by atoms with Crippen LogP contribution < -0.4 is 26.7 Å². The Morgan fingerprint density at radius 2 is 1.42 bits per heavy atom. The van der Waals surface area contributed by atoms with Crippen LogP contribution in [0, 0.1) is 13.8 Å². The number of carboxylic acids is 2. The number of anilines is 2. The van der Waals surface area contributed by atoms with Gasteiger partial charge in [0.1, 0.15) is 24.0 Å². The summed E-state index contributed by atoms with van der Waals surface area (Å²) in [6.07, 6.45) is 4.36. The molecule has 3 heterocycles. The van der Waals surface area contributed by atoms with Crippen molar-refractivity contribution in [3.05, 3.63) is 129 Å². The molecule has 0 fully saturated rings. The zero-order valence-electron chi connectivity index (χ0n) is 36.3. The number of rotatable bonds is 19. The first-order valence-corrected chi connectivity index (χ1v) is 19.8. The van der Waals surface area contributed by atoms with Gasteiger partial charge >= 0.3 is 5.97 Å². The van der Waals surface area contributed by atoms with E-state index in [-0.39, 0.29) is 49.2 Å². The molecule has 0 radical (unpaired) electrons. The first kappa shape index (κ1) is 50.7. The molecule has 2 unspecified atom stereocenters. The predicted octanol–water partition coefficient (Wildman–Crippen LogP) is 2.23. The molecule has 5 rings (SSSR count). The van der Waals surface area contributed by atoms with E-state index in [9.17, 15) is 38.7 Å². The van der Waals surface area contributed by atoms with Crippen molar-refractivity contribution in [2.75, 3.05) is 25.0 Å².